The van der Waals surface area contributed by atoms with E-state index in [1.54, 1.807) is 16.7 Å². The van der Waals surface area contributed by atoms with Gasteiger partial charge in [0, 0.05) is 22.5 Å². The van der Waals surface area contributed by atoms with Crippen molar-refractivity contribution in [2.24, 2.45) is 0 Å². The van der Waals surface area contributed by atoms with E-state index in [1.807, 2.05) is 43.7 Å². The van der Waals surface area contributed by atoms with Crippen LogP contribution in [0.4, 0.5) is 0 Å². The van der Waals surface area contributed by atoms with Crippen molar-refractivity contribution in [1.82, 2.24) is 15.2 Å². The molecule has 3 aromatic rings. The number of benzene rings is 1. The van der Waals surface area contributed by atoms with Gasteiger partial charge in [-0.2, -0.15) is 11.3 Å². The molecule has 1 amide bonds. The summed E-state index contributed by atoms with van der Waals surface area (Å²) in [4.78, 5) is 19.0. The average molecular weight is 392 g/mol. The van der Waals surface area contributed by atoms with Gasteiger partial charge in [-0.3, -0.25) is 4.79 Å². The van der Waals surface area contributed by atoms with E-state index < -0.39 is 0 Å². The Balaban J connectivity index is 1.66. The number of hydrogen-bond acceptors (Lipinski definition) is 5. The number of carbonyl (C=O) groups excluding carboxylic acids is 1. The summed E-state index contributed by atoms with van der Waals surface area (Å²) in [6, 6.07) is 9.68. The van der Waals surface area contributed by atoms with E-state index >= 15 is 0 Å². The van der Waals surface area contributed by atoms with Crippen molar-refractivity contribution in [3.8, 4) is 10.6 Å². The molecule has 0 spiro atoms. The van der Waals surface area contributed by atoms with Crippen molar-refractivity contribution < 1.29 is 4.79 Å². The number of likely N-dealkylation sites (N-methyl/N-ethyl adjacent to an activating group) is 1. The Morgan fingerprint density at radius 3 is 2.64 bits per heavy atom. The van der Waals surface area contributed by atoms with Crippen molar-refractivity contribution in [2.75, 3.05) is 20.6 Å². The van der Waals surface area contributed by atoms with E-state index in [0.29, 0.717) is 17.3 Å². The van der Waals surface area contributed by atoms with Gasteiger partial charge in [-0.25, -0.2) is 4.98 Å². The number of aromatic nitrogens is 1. The Morgan fingerprint density at radius 1 is 1.24 bits per heavy atom. The zero-order valence-corrected chi connectivity index (χ0v) is 16.3. The molecule has 1 atom stereocenters. The summed E-state index contributed by atoms with van der Waals surface area (Å²) in [6.45, 7) is 0.538. The lowest BCUT2D eigenvalue weighted by atomic mass is 10.1. The number of halogens is 1. The normalized spacial score (nSPS) is 12.3. The van der Waals surface area contributed by atoms with E-state index in [0.717, 1.165) is 10.6 Å². The molecule has 0 radical (unpaired) electrons. The van der Waals surface area contributed by atoms with Crippen molar-refractivity contribution in [3.63, 3.8) is 0 Å². The fourth-order valence-electron chi connectivity index (χ4n) is 2.45. The average Bonchev–Trinajstić information content (AvgIpc) is 3.27. The Labute approximate surface area is 160 Å². The number of carbonyl (C=O) groups is 1. The Morgan fingerprint density at radius 2 is 2.00 bits per heavy atom. The van der Waals surface area contributed by atoms with Crippen LogP contribution in [0.2, 0.25) is 5.02 Å². The summed E-state index contributed by atoms with van der Waals surface area (Å²) >= 11 is 9.02. The third-order valence-corrected chi connectivity index (χ3v) is 5.68. The molecule has 1 N–H and O–H groups in total. The lowest BCUT2D eigenvalue weighted by Gasteiger charge is -2.23. The third-order valence-electron chi connectivity index (χ3n) is 3.84. The smallest absolute Gasteiger partial charge is 0.270 e. The van der Waals surface area contributed by atoms with Crippen LogP contribution in [0.25, 0.3) is 10.6 Å². The molecular formula is C18H18ClN3OS2. The number of nitrogens with one attached hydrogen (secondary N) is 1. The summed E-state index contributed by atoms with van der Waals surface area (Å²) in [5.74, 6) is -0.154. The van der Waals surface area contributed by atoms with Crippen molar-refractivity contribution in [3.05, 3.63) is 62.8 Å². The molecule has 0 saturated heterocycles. The monoisotopic (exact) mass is 391 g/mol. The highest BCUT2D eigenvalue weighted by atomic mass is 35.5. The van der Waals surface area contributed by atoms with Crippen LogP contribution >= 0.6 is 34.3 Å². The first-order chi connectivity index (χ1) is 12.0. The number of hydrogen-bond donors (Lipinski definition) is 1. The van der Waals surface area contributed by atoms with Gasteiger partial charge in [0.05, 0.1) is 6.04 Å². The van der Waals surface area contributed by atoms with Crippen LogP contribution in [0, 0.1) is 0 Å². The van der Waals surface area contributed by atoms with Gasteiger partial charge in [0.2, 0.25) is 0 Å². The first-order valence-corrected chi connectivity index (χ1v) is 9.93. The van der Waals surface area contributed by atoms with Crippen molar-refractivity contribution >= 4 is 40.2 Å². The van der Waals surface area contributed by atoms with Gasteiger partial charge in [0.15, 0.2) is 0 Å². The fourth-order valence-corrected chi connectivity index (χ4v) is 4.09. The summed E-state index contributed by atoms with van der Waals surface area (Å²) in [5, 5.41) is 10.4. The van der Waals surface area contributed by atoms with Crippen molar-refractivity contribution in [2.45, 2.75) is 6.04 Å². The molecule has 0 aliphatic rings. The Hall–Kier alpha value is -1.73. The second kappa shape index (κ2) is 8.10. The van der Waals surface area contributed by atoms with E-state index in [4.69, 9.17) is 11.6 Å². The highest BCUT2D eigenvalue weighted by molar-refractivity contribution is 7.13. The topological polar surface area (TPSA) is 45.2 Å². The first kappa shape index (κ1) is 18.1. The number of amides is 1. The lowest BCUT2D eigenvalue weighted by Crippen LogP contribution is -2.34. The molecule has 1 aromatic carbocycles. The molecule has 0 aliphatic carbocycles. The molecule has 0 bridgehead atoms. The van der Waals surface area contributed by atoms with E-state index in [-0.39, 0.29) is 11.9 Å². The Bertz CT molecular complexity index is 828. The largest absolute Gasteiger partial charge is 0.349 e. The number of nitrogens with zero attached hydrogens (tertiary/aromatic N) is 2. The fraction of sp³-hybridized carbons (Fsp3) is 0.222. The van der Waals surface area contributed by atoms with Gasteiger partial charge in [0.25, 0.3) is 5.91 Å². The molecule has 2 aromatic heterocycles. The van der Waals surface area contributed by atoms with Crippen LogP contribution in [0.1, 0.15) is 22.1 Å². The highest BCUT2D eigenvalue weighted by Crippen LogP contribution is 2.25. The predicted octanol–water partition coefficient (Wildman–Crippen LogP) is 4.56. The lowest BCUT2D eigenvalue weighted by molar-refractivity contribution is 0.0937. The van der Waals surface area contributed by atoms with Gasteiger partial charge < -0.3 is 10.2 Å². The van der Waals surface area contributed by atoms with Crippen LogP contribution in [-0.2, 0) is 0 Å². The molecule has 7 heteroatoms. The zero-order valence-electron chi connectivity index (χ0n) is 13.9. The van der Waals surface area contributed by atoms with Crippen LogP contribution in [0.3, 0.4) is 0 Å². The van der Waals surface area contributed by atoms with Gasteiger partial charge >= 0.3 is 0 Å². The second-order valence-corrected chi connectivity index (χ2v) is 7.87. The third kappa shape index (κ3) is 4.46. The summed E-state index contributed by atoms with van der Waals surface area (Å²) in [6.07, 6.45) is 0. The zero-order chi connectivity index (χ0) is 17.8. The van der Waals surface area contributed by atoms with Gasteiger partial charge in [-0.15, -0.1) is 11.3 Å². The predicted molar refractivity (Wildman–Crippen MR) is 106 cm³/mol. The van der Waals surface area contributed by atoms with E-state index in [2.05, 4.69) is 26.6 Å². The Kier molecular flexibility index (Phi) is 5.86. The SMILES string of the molecule is CN(C)[C@@H](CNC(=O)c1csc(-c2ccc(Cl)cc2)n1)c1ccsc1. The van der Waals surface area contributed by atoms with Gasteiger partial charge in [0.1, 0.15) is 10.7 Å². The number of thiazole rings is 1. The van der Waals surface area contributed by atoms with Crippen LogP contribution in [0.5, 0.6) is 0 Å². The summed E-state index contributed by atoms with van der Waals surface area (Å²) in [5.41, 5.74) is 2.60. The van der Waals surface area contributed by atoms with Gasteiger partial charge in [-0.1, -0.05) is 23.7 Å². The molecule has 0 unspecified atom stereocenters. The molecule has 0 fully saturated rings. The molecule has 25 heavy (non-hydrogen) atoms. The maximum Gasteiger partial charge on any atom is 0.270 e. The molecule has 3 rings (SSSR count). The minimum atomic E-state index is -0.154. The maximum absolute atomic E-state index is 12.4. The highest BCUT2D eigenvalue weighted by Gasteiger charge is 2.17. The quantitative estimate of drug-likeness (QED) is 0.670. The summed E-state index contributed by atoms with van der Waals surface area (Å²) in [7, 11) is 4.02. The molecule has 0 aliphatic heterocycles. The van der Waals surface area contributed by atoms with Gasteiger partial charge in [-0.05, 0) is 48.6 Å². The van der Waals surface area contributed by atoms with Crippen LogP contribution in [-0.4, -0.2) is 36.4 Å². The molecule has 2 heterocycles. The first-order valence-electron chi connectivity index (χ1n) is 7.73. The minimum absolute atomic E-state index is 0.143. The second-order valence-electron chi connectivity index (χ2n) is 5.79. The molecule has 130 valence electrons. The number of rotatable bonds is 6. The molecule has 4 nitrogen and oxygen atoms in total. The standard InChI is InChI=1S/C18H18ClN3OS2/c1-22(2)16(13-7-8-24-10-13)9-20-17(23)15-11-25-18(21-15)12-3-5-14(19)6-4-12/h3-8,10-11,16H,9H2,1-2H3,(H,20,23)/t16-/m0/s1. The molecular weight excluding hydrogens is 374 g/mol. The van der Waals surface area contributed by atoms with E-state index in [1.165, 1.54) is 16.9 Å². The number of thiophene rings is 1. The maximum atomic E-state index is 12.4. The molecule has 0 saturated carbocycles. The van der Waals surface area contributed by atoms with Crippen LogP contribution in [0.15, 0.2) is 46.5 Å². The van der Waals surface area contributed by atoms with Crippen molar-refractivity contribution in [1.29, 1.82) is 0 Å². The summed E-state index contributed by atoms with van der Waals surface area (Å²) < 4.78 is 0. The minimum Gasteiger partial charge on any atom is -0.349 e. The van der Waals surface area contributed by atoms with E-state index in [9.17, 15) is 4.79 Å². The van der Waals surface area contributed by atoms with Crippen LogP contribution < -0.4 is 5.32 Å².